The minimum Gasteiger partial charge on any atom is -0.497 e. The van der Waals surface area contributed by atoms with Gasteiger partial charge in [0.05, 0.1) is 7.11 Å². The molecule has 0 N–H and O–H groups in total. The number of oxazole rings is 1. The van der Waals surface area contributed by atoms with Gasteiger partial charge in [-0.2, -0.15) is 0 Å². The van der Waals surface area contributed by atoms with Gasteiger partial charge in [-0.05, 0) is 49.6 Å². The molecule has 0 unspecified atom stereocenters. The third kappa shape index (κ3) is 2.44. The Balaban J connectivity index is 1.79. The summed E-state index contributed by atoms with van der Waals surface area (Å²) in [6.07, 6.45) is 2.54. The summed E-state index contributed by atoms with van der Waals surface area (Å²) in [5.74, 6) is 1.46. The van der Waals surface area contributed by atoms with E-state index in [9.17, 15) is 0 Å². The standard InChI is InChI=1S/C19H20N2O2/c1-13-15(6-5-7-17(13)21-10-3-4-11-21)19-20-16-12-14(22-2)8-9-18(16)23-19/h5-9,12H,3-4,10-11H2,1-2H3. The van der Waals surface area contributed by atoms with Crippen LogP contribution in [-0.4, -0.2) is 25.2 Å². The van der Waals surface area contributed by atoms with Gasteiger partial charge in [0.1, 0.15) is 11.3 Å². The molecular weight excluding hydrogens is 288 g/mol. The molecule has 4 rings (SSSR count). The number of benzene rings is 2. The molecule has 2 aromatic carbocycles. The topological polar surface area (TPSA) is 38.5 Å². The molecule has 1 aliphatic rings. The van der Waals surface area contributed by atoms with Gasteiger partial charge in [0.15, 0.2) is 5.58 Å². The molecule has 1 aromatic heterocycles. The molecule has 0 spiro atoms. The van der Waals surface area contributed by atoms with E-state index in [1.807, 2.05) is 18.2 Å². The van der Waals surface area contributed by atoms with E-state index in [-0.39, 0.29) is 0 Å². The quantitative estimate of drug-likeness (QED) is 0.718. The Morgan fingerprint density at radius 1 is 1.13 bits per heavy atom. The molecule has 0 bridgehead atoms. The number of fused-ring (bicyclic) bond motifs is 1. The number of methoxy groups -OCH3 is 1. The highest BCUT2D eigenvalue weighted by molar-refractivity contribution is 5.79. The molecule has 0 aliphatic carbocycles. The molecule has 1 aliphatic heterocycles. The van der Waals surface area contributed by atoms with Gasteiger partial charge >= 0.3 is 0 Å². The summed E-state index contributed by atoms with van der Waals surface area (Å²) in [5.41, 5.74) is 5.19. The fraction of sp³-hybridized carbons (Fsp3) is 0.316. The van der Waals surface area contributed by atoms with Gasteiger partial charge in [-0.25, -0.2) is 4.98 Å². The number of aromatic nitrogens is 1. The van der Waals surface area contributed by atoms with Crippen LogP contribution in [0.25, 0.3) is 22.6 Å². The lowest BCUT2D eigenvalue weighted by Gasteiger charge is -2.21. The summed E-state index contributed by atoms with van der Waals surface area (Å²) >= 11 is 0. The van der Waals surface area contributed by atoms with E-state index in [1.54, 1.807) is 7.11 Å². The van der Waals surface area contributed by atoms with Crippen LogP contribution in [0.1, 0.15) is 18.4 Å². The highest BCUT2D eigenvalue weighted by Gasteiger charge is 2.18. The van der Waals surface area contributed by atoms with Crippen LogP contribution in [0, 0.1) is 6.92 Å². The zero-order valence-electron chi connectivity index (χ0n) is 13.5. The van der Waals surface area contributed by atoms with Gasteiger partial charge in [0.2, 0.25) is 5.89 Å². The number of rotatable bonds is 3. The Labute approximate surface area is 135 Å². The molecule has 23 heavy (non-hydrogen) atoms. The summed E-state index contributed by atoms with van der Waals surface area (Å²) in [6, 6.07) is 12.1. The fourth-order valence-corrected chi connectivity index (χ4v) is 3.31. The molecule has 1 saturated heterocycles. The molecule has 0 atom stereocenters. The predicted molar refractivity (Wildman–Crippen MR) is 92.2 cm³/mol. The summed E-state index contributed by atoms with van der Waals surface area (Å²) in [6.45, 7) is 4.42. The van der Waals surface area contributed by atoms with E-state index in [0.717, 1.165) is 35.5 Å². The average Bonchev–Trinajstić information content (AvgIpc) is 3.23. The lowest BCUT2D eigenvalue weighted by atomic mass is 10.1. The number of ether oxygens (including phenoxy) is 1. The largest absolute Gasteiger partial charge is 0.497 e. The molecule has 0 radical (unpaired) electrons. The summed E-state index contributed by atoms with van der Waals surface area (Å²) < 4.78 is 11.2. The van der Waals surface area contributed by atoms with Crippen molar-refractivity contribution in [3.63, 3.8) is 0 Å². The van der Waals surface area contributed by atoms with Crippen molar-refractivity contribution in [1.29, 1.82) is 0 Å². The van der Waals surface area contributed by atoms with Gasteiger partial charge in [0.25, 0.3) is 0 Å². The lowest BCUT2D eigenvalue weighted by Crippen LogP contribution is -2.18. The zero-order chi connectivity index (χ0) is 15.8. The van der Waals surface area contributed by atoms with Crippen LogP contribution in [0.15, 0.2) is 40.8 Å². The van der Waals surface area contributed by atoms with Crippen LogP contribution < -0.4 is 9.64 Å². The van der Waals surface area contributed by atoms with Crippen LogP contribution in [0.4, 0.5) is 5.69 Å². The van der Waals surface area contributed by atoms with Gasteiger partial charge in [-0.1, -0.05) is 6.07 Å². The van der Waals surface area contributed by atoms with Crippen molar-refractivity contribution in [3.05, 3.63) is 42.0 Å². The Bertz CT molecular complexity index is 848. The van der Waals surface area contributed by atoms with Gasteiger partial charge in [-0.3, -0.25) is 0 Å². The molecule has 0 amide bonds. The molecule has 0 saturated carbocycles. The second-order valence-corrected chi connectivity index (χ2v) is 6.00. The predicted octanol–water partition coefficient (Wildman–Crippen LogP) is 4.41. The highest BCUT2D eigenvalue weighted by atomic mass is 16.5. The van der Waals surface area contributed by atoms with Gasteiger partial charge < -0.3 is 14.1 Å². The van der Waals surface area contributed by atoms with E-state index < -0.39 is 0 Å². The number of hydrogen-bond acceptors (Lipinski definition) is 4. The second-order valence-electron chi connectivity index (χ2n) is 6.00. The first-order chi connectivity index (χ1) is 11.3. The number of hydrogen-bond donors (Lipinski definition) is 0. The molecule has 4 nitrogen and oxygen atoms in total. The maximum Gasteiger partial charge on any atom is 0.227 e. The van der Waals surface area contributed by atoms with E-state index >= 15 is 0 Å². The van der Waals surface area contributed by atoms with Crippen LogP contribution >= 0.6 is 0 Å². The average molecular weight is 308 g/mol. The summed E-state index contributed by atoms with van der Waals surface area (Å²) in [4.78, 5) is 7.10. The Morgan fingerprint density at radius 3 is 2.74 bits per heavy atom. The van der Waals surface area contributed by atoms with E-state index in [4.69, 9.17) is 9.15 Å². The molecule has 4 heteroatoms. The maximum atomic E-state index is 5.97. The molecule has 3 aromatic rings. The van der Waals surface area contributed by atoms with Crippen molar-refractivity contribution in [2.24, 2.45) is 0 Å². The molecular formula is C19H20N2O2. The third-order valence-corrected chi connectivity index (χ3v) is 4.58. The van der Waals surface area contributed by atoms with E-state index in [1.165, 1.54) is 24.1 Å². The Hall–Kier alpha value is -2.49. The second kappa shape index (κ2) is 5.61. The fourth-order valence-electron chi connectivity index (χ4n) is 3.31. The highest BCUT2D eigenvalue weighted by Crippen LogP contribution is 2.34. The van der Waals surface area contributed by atoms with Gasteiger partial charge in [-0.15, -0.1) is 0 Å². The number of nitrogens with zero attached hydrogens (tertiary/aromatic N) is 2. The van der Waals surface area contributed by atoms with Crippen LogP contribution in [0.5, 0.6) is 5.75 Å². The van der Waals surface area contributed by atoms with Crippen molar-refractivity contribution in [2.75, 3.05) is 25.1 Å². The monoisotopic (exact) mass is 308 g/mol. The smallest absolute Gasteiger partial charge is 0.227 e. The maximum absolute atomic E-state index is 5.97. The first-order valence-electron chi connectivity index (χ1n) is 8.06. The van der Waals surface area contributed by atoms with E-state index in [0.29, 0.717) is 5.89 Å². The van der Waals surface area contributed by atoms with Crippen molar-refractivity contribution in [1.82, 2.24) is 4.98 Å². The Morgan fingerprint density at radius 2 is 1.96 bits per heavy atom. The first-order valence-corrected chi connectivity index (χ1v) is 8.06. The van der Waals surface area contributed by atoms with Crippen molar-refractivity contribution in [3.8, 4) is 17.2 Å². The van der Waals surface area contributed by atoms with Crippen LogP contribution in [0.3, 0.4) is 0 Å². The van der Waals surface area contributed by atoms with Crippen molar-refractivity contribution >= 4 is 16.8 Å². The summed E-state index contributed by atoms with van der Waals surface area (Å²) in [7, 11) is 1.66. The van der Waals surface area contributed by atoms with Crippen LogP contribution in [0.2, 0.25) is 0 Å². The van der Waals surface area contributed by atoms with Crippen LogP contribution in [-0.2, 0) is 0 Å². The molecule has 2 heterocycles. The van der Waals surface area contributed by atoms with Crippen molar-refractivity contribution < 1.29 is 9.15 Å². The summed E-state index contributed by atoms with van der Waals surface area (Å²) in [5, 5.41) is 0. The molecule has 1 fully saturated rings. The lowest BCUT2D eigenvalue weighted by molar-refractivity contribution is 0.415. The molecule has 118 valence electrons. The van der Waals surface area contributed by atoms with E-state index in [2.05, 4.69) is 35.0 Å². The van der Waals surface area contributed by atoms with Crippen molar-refractivity contribution in [2.45, 2.75) is 19.8 Å². The minimum absolute atomic E-state index is 0.673. The zero-order valence-corrected chi connectivity index (χ0v) is 13.5. The SMILES string of the molecule is COc1ccc2oc(-c3cccc(N4CCCC4)c3C)nc2c1. The number of anilines is 1. The normalized spacial score (nSPS) is 14.6. The minimum atomic E-state index is 0.673. The Kier molecular flexibility index (Phi) is 3.45. The first kappa shape index (κ1) is 14.1. The van der Waals surface area contributed by atoms with Gasteiger partial charge in [0, 0.05) is 30.4 Å². The third-order valence-electron chi connectivity index (χ3n) is 4.58.